The van der Waals surface area contributed by atoms with Gasteiger partial charge in [-0.05, 0) is 37.0 Å². The van der Waals surface area contributed by atoms with Gasteiger partial charge in [-0.1, -0.05) is 13.8 Å². The van der Waals surface area contributed by atoms with Crippen LogP contribution in [0.3, 0.4) is 0 Å². The van der Waals surface area contributed by atoms with Crippen LogP contribution < -0.4 is 5.32 Å². The summed E-state index contributed by atoms with van der Waals surface area (Å²) in [6.45, 7) is 4.48. The summed E-state index contributed by atoms with van der Waals surface area (Å²) in [5.74, 6) is -0.690. The van der Waals surface area contributed by atoms with Crippen molar-refractivity contribution in [3.8, 4) is 0 Å². The van der Waals surface area contributed by atoms with Crippen LogP contribution in [-0.2, 0) is 9.59 Å². The lowest BCUT2D eigenvalue weighted by Gasteiger charge is -2.26. The van der Waals surface area contributed by atoms with E-state index in [-0.39, 0.29) is 5.57 Å². The summed E-state index contributed by atoms with van der Waals surface area (Å²) in [5.41, 5.74) is 0.617. The van der Waals surface area contributed by atoms with E-state index >= 15 is 0 Å². The van der Waals surface area contributed by atoms with E-state index in [9.17, 15) is 14.4 Å². The predicted molar refractivity (Wildman–Crippen MR) is 78.1 cm³/mol. The molecule has 4 amide bonds. The quantitative estimate of drug-likeness (QED) is 0.641. The topological polar surface area (TPSA) is 82.3 Å². The molecule has 0 radical (unpaired) electrons. The standard InChI is InChI=1S/C15H19N3O3/c1-10(2)5-4-8-18-14(20)12(13(19)17-15(18)21)9-11-6-3-7-16-11/h3,6-7,9-10,16H,4-5,8H2,1-2H3,(H,17,19,21)/b12-9+. The Balaban J connectivity index is 2.14. The number of barbiturate groups is 1. The Morgan fingerprint density at radius 1 is 1.29 bits per heavy atom. The molecular formula is C15H19N3O3. The first-order valence-corrected chi connectivity index (χ1v) is 7.01. The summed E-state index contributed by atoms with van der Waals surface area (Å²) in [4.78, 5) is 39.9. The van der Waals surface area contributed by atoms with Gasteiger partial charge < -0.3 is 4.98 Å². The van der Waals surface area contributed by atoms with Crippen LogP contribution in [0.4, 0.5) is 4.79 Å². The minimum absolute atomic E-state index is 0.0263. The molecule has 2 heterocycles. The molecule has 0 atom stereocenters. The van der Waals surface area contributed by atoms with Crippen LogP contribution in [0, 0.1) is 5.92 Å². The van der Waals surface area contributed by atoms with E-state index in [1.807, 2.05) is 0 Å². The Kier molecular flexibility index (Phi) is 4.57. The normalized spacial score (nSPS) is 17.8. The van der Waals surface area contributed by atoms with E-state index in [2.05, 4.69) is 24.1 Å². The average Bonchev–Trinajstić information content (AvgIpc) is 2.91. The zero-order chi connectivity index (χ0) is 15.4. The lowest BCUT2D eigenvalue weighted by atomic mass is 10.1. The number of nitrogens with one attached hydrogen (secondary N) is 2. The highest BCUT2D eigenvalue weighted by molar-refractivity contribution is 6.30. The molecule has 6 heteroatoms. The van der Waals surface area contributed by atoms with Crippen LogP contribution in [0.5, 0.6) is 0 Å². The van der Waals surface area contributed by atoms with Crippen molar-refractivity contribution in [2.45, 2.75) is 26.7 Å². The molecule has 1 aromatic heterocycles. The van der Waals surface area contributed by atoms with Gasteiger partial charge in [0.25, 0.3) is 11.8 Å². The Morgan fingerprint density at radius 2 is 2.05 bits per heavy atom. The summed E-state index contributed by atoms with van der Waals surface area (Å²) in [6, 6.07) is 2.87. The van der Waals surface area contributed by atoms with E-state index in [0.29, 0.717) is 18.2 Å². The van der Waals surface area contributed by atoms with E-state index in [0.717, 1.165) is 17.7 Å². The first-order valence-electron chi connectivity index (χ1n) is 7.01. The number of aromatic nitrogens is 1. The van der Waals surface area contributed by atoms with Gasteiger partial charge in [0.05, 0.1) is 0 Å². The molecule has 0 bridgehead atoms. The van der Waals surface area contributed by atoms with E-state index in [1.54, 1.807) is 18.3 Å². The van der Waals surface area contributed by atoms with Crippen molar-refractivity contribution in [2.75, 3.05) is 6.54 Å². The molecule has 0 unspecified atom stereocenters. The maximum absolute atomic E-state index is 12.3. The third-order valence-electron chi connectivity index (χ3n) is 3.27. The zero-order valence-corrected chi connectivity index (χ0v) is 12.2. The van der Waals surface area contributed by atoms with Crippen LogP contribution in [-0.4, -0.2) is 34.3 Å². The predicted octanol–water partition coefficient (Wildman–Crippen LogP) is 1.91. The number of hydrogen-bond acceptors (Lipinski definition) is 3. The molecule has 1 aliphatic heterocycles. The Morgan fingerprint density at radius 3 is 2.67 bits per heavy atom. The number of hydrogen-bond donors (Lipinski definition) is 2. The molecule has 1 aromatic rings. The smallest absolute Gasteiger partial charge is 0.331 e. The molecule has 6 nitrogen and oxygen atoms in total. The van der Waals surface area contributed by atoms with Crippen molar-refractivity contribution >= 4 is 23.9 Å². The van der Waals surface area contributed by atoms with Crippen LogP contribution in [0.2, 0.25) is 0 Å². The lowest BCUT2D eigenvalue weighted by Crippen LogP contribution is -2.54. The highest BCUT2D eigenvalue weighted by Gasteiger charge is 2.35. The lowest BCUT2D eigenvalue weighted by molar-refractivity contribution is -0.130. The molecule has 2 N–H and O–H groups in total. The van der Waals surface area contributed by atoms with Gasteiger partial charge in [-0.2, -0.15) is 0 Å². The highest BCUT2D eigenvalue weighted by atomic mass is 16.2. The average molecular weight is 289 g/mol. The van der Waals surface area contributed by atoms with E-state index in [1.165, 1.54) is 6.08 Å². The minimum Gasteiger partial charge on any atom is -0.362 e. The molecule has 0 aliphatic carbocycles. The number of carbonyl (C=O) groups excluding carboxylic acids is 3. The van der Waals surface area contributed by atoms with Crippen LogP contribution >= 0.6 is 0 Å². The molecule has 0 saturated carbocycles. The second-order valence-corrected chi connectivity index (χ2v) is 5.44. The number of imide groups is 2. The summed E-state index contributed by atoms with van der Waals surface area (Å²) >= 11 is 0. The maximum atomic E-state index is 12.3. The Bertz CT molecular complexity index is 573. The monoisotopic (exact) mass is 289 g/mol. The first-order chi connectivity index (χ1) is 9.99. The third kappa shape index (κ3) is 3.59. The van der Waals surface area contributed by atoms with Crippen molar-refractivity contribution in [3.63, 3.8) is 0 Å². The second kappa shape index (κ2) is 6.39. The number of urea groups is 1. The van der Waals surface area contributed by atoms with Crippen molar-refractivity contribution in [3.05, 3.63) is 29.6 Å². The fourth-order valence-corrected chi connectivity index (χ4v) is 2.14. The van der Waals surface area contributed by atoms with Gasteiger partial charge in [0.2, 0.25) is 0 Å². The molecule has 2 rings (SSSR count). The molecule has 1 saturated heterocycles. The highest BCUT2D eigenvalue weighted by Crippen LogP contribution is 2.15. The van der Waals surface area contributed by atoms with Crippen LogP contribution in [0.25, 0.3) is 6.08 Å². The molecule has 21 heavy (non-hydrogen) atoms. The van der Waals surface area contributed by atoms with Crippen LogP contribution in [0.15, 0.2) is 23.9 Å². The summed E-state index contributed by atoms with van der Waals surface area (Å²) < 4.78 is 0. The Labute approximate surface area is 123 Å². The van der Waals surface area contributed by atoms with Crippen LogP contribution in [0.1, 0.15) is 32.4 Å². The van der Waals surface area contributed by atoms with Gasteiger partial charge in [-0.3, -0.25) is 19.8 Å². The van der Waals surface area contributed by atoms with Crippen molar-refractivity contribution in [2.24, 2.45) is 5.92 Å². The fourth-order valence-electron chi connectivity index (χ4n) is 2.14. The van der Waals surface area contributed by atoms with Gasteiger partial charge in [-0.15, -0.1) is 0 Å². The number of amides is 4. The second-order valence-electron chi connectivity index (χ2n) is 5.44. The van der Waals surface area contributed by atoms with E-state index < -0.39 is 17.8 Å². The van der Waals surface area contributed by atoms with Crippen molar-refractivity contribution in [1.29, 1.82) is 0 Å². The number of rotatable bonds is 5. The number of aromatic amines is 1. The number of H-pyrrole nitrogens is 1. The van der Waals surface area contributed by atoms with Crippen molar-refractivity contribution < 1.29 is 14.4 Å². The summed E-state index contributed by atoms with van der Waals surface area (Å²) in [5, 5.41) is 2.21. The van der Waals surface area contributed by atoms with Gasteiger partial charge >= 0.3 is 6.03 Å². The largest absolute Gasteiger partial charge is 0.362 e. The Hall–Kier alpha value is -2.37. The first kappa shape index (κ1) is 15.0. The van der Waals surface area contributed by atoms with E-state index in [4.69, 9.17) is 0 Å². The van der Waals surface area contributed by atoms with Gasteiger partial charge in [0.1, 0.15) is 5.57 Å². The van der Waals surface area contributed by atoms with Crippen molar-refractivity contribution in [1.82, 2.24) is 15.2 Å². The molecule has 0 spiro atoms. The number of carbonyl (C=O) groups is 3. The summed E-state index contributed by atoms with van der Waals surface area (Å²) in [7, 11) is 0. The van der Waals surface area contributed by atoms with Gasteiger partial charge in [0, 0.05) is 18.4 Å². The third-order valence-corrected chi connectivity index (χ3v) is 3.27. The fraction of sp³-hybridized carbons (Fsp3) is 0.400. The summed E-state index contributed by atoms with van der Waals surface area (Å²) in [6.07, 6.45) is 4.80. The minimum atomic E-state index is -0.653. The molecule has 1 fully saturated rings. The zero-order valence-electron chi connectivity index (χ0n) is 12.2. The number of nitrogens with zero attached hydrogens (tertiary/aromatic N) is 1. The van der Waals surface area contributed by atoms with Gasteiger partial charge in [-0.25, -0.2) is 4.79 Å². The SMILES string of the molecule is CC(C)CCCN1C(=O)NC(=O)/C(=C\c2ccc[nH]2)C1=O. The molecule has 1 aliphatic rings. The molecular weight excluding hydrogens is 270 g/mol. The van der Waals surface area contributed by atoms with Gasteiger partial charge in [0.15, 0.2) is 0 Å². The molecule has 0 aromatic carbocycles. The maximum Gasteiger partial charge on any atom is 0.331 e. The molecule has 112 valence electrons.